The Kier molecular flexibility index (Phi) is 4.85. The summed E-state index contributed by atoms with van der Waals surface area (Å²) >= 11 is 1.16. The van der Waals surface area contributed by atoms with Crippen LogP contribution >= 0.6 is 12.0 Å². The van der Waals surface area contributed by atoms with Gasteiger partial charge in [-0.25, -0.2) is 4.89 Å². The lowest BCUT2D eigenvalue weighted by Crippen LogP contribution is -1.89. The molecule has 0 aliphatic carbocycles. The summed E-state index contributed by atoms with van der Waals surface area (Å²) in [5, 5.41) is 8.68. The van der Waals surface area contributed by atoms with Crippen molar-refractivity contribution < 1.29 is 14.3 Å². The summed E-state index contributed by atoms with van der Waals surface area (Å²) in [7, 11) is 1.47. The third-order valence-electron chi connectivity index (χ3n) is 1.52. The highest BCUT2D eigenvalue weighted by molar-refractivity contribution is 7.94. The van der Waals surface area contributed by atoms with Crippen molar-refractivity contribution in [2.24, 2.45) is 0 Å². The third-order valence-corrected chi connectivity index (χ3v) is 2.19. The van der Waals surface area contributed by atoms with Gasteiger partial charge in [0, 0.05) is 11.5 Å². The van der Waals surface area contributed by atoms with Gasteiger partial charge in [-0.05, 0) is 24.1 Å². The van der Waals surface area contributed by atoms with Gasteiger partial charge >= 0.3 is 0 Å². The molecule has 0 amide bonds. The Hall–Kier alpha value is -0.550. The molecule has 3 nitrogen and oxygen atoms in total. The molecule has 0 fully saturated rings. The second-order valence-corrected chi connectivity index (χ2v) is 3.21. The smallest absolute Gasteiger partial charge is 0.0725 e. The molecule has 13 heavy (non-hydrogen) atoms. The van der Waals surface area contributed by atoms with Crippen LogP contribution in [0.2, 0.25) is 0 Å². The predicted molar refractivity (Wildman–Crippen MR) is 51.2 cm³/mol. The van der Waals surface area contributed by atoms with E-state index in [1.165, 1.54) is 7.11 Å². The fraction of sp³-hybridized carbons (Fsp3) is 0.333. The molecular formula is C9H12O3S. The van der Waals surface area contributed by atoms with E-state index < -0.39 is 0 Å². The summed E-state index contributed by atoms with van der Waals surface area (Å²) in [6.07, 6.45) is 0.691. The van der Waals surface area contributed by atoms with Crippen molar-refractivity contribution in [2.75, 3.05) is 13.7 Å². The molecule has 0 spiro atoms. The molecule has 0 radical (unpaired) electrons. The second kappa shape index (κ2) is 5.99. The van der Waals surface area contributed by atoms with Crippen LogP contribution in [-0.2, 0) is 15.6 Å². The SMILES string of the molecule is COOSc1ccc(CCO)cc1. The number of rotatable bonds is 5. The molecule has 0 aliphatic rings. The number of benzene rings is 1. The molecule has 1 N–H and O–H groups in total. The van der Waals surface area contributed by atoms with Crippen molar-refractivity contribution in [3.8, 4) is 0 Å². The highest BCUT2D eigenvalue weighted by Gasteiger charge is 1.95. The van der Waals surface area contributed by atoms with Crippen molar-refractivity contribution in [3.05, 3.63) is 29.8 Å². The van der Waals surface area contributed by atoms with Crippen LogP contribution < -0.4 is 0 Å². The summed E-state index contributed by atoms with van der Waals surface area (Å²) < 4.78 is 4.69. The highest BCUT2D eigenvalue weighted by atomic mass is 32.2. The van der Waals surface area contributed by atoms with Crippen LogP contribution in [-0.4, -0.2) is 18.8 Å². The number of aliphatic hydroxyl groups excluding tert-OH is 1. The van der Waals surface area contributed by atoms with E-state index in [1.807, 2.05) is 24.3 Å². The first-order chi connectivity index (χ1) is 6.36. The van der Waals surface area contributed by atoms with Crippen molar-refractivity contribution in [2.45, 2.75) is 11.3 Å². The molecule has 1 aromatic carbocycles. The average Bonchev–Trinajstić information content (AvgIpc) is 2.17. The molecule has 0 bridgehead atoms. The van der Waals surface area contributed by atoms with E-state index in [2.05, 4.69) is 9.22 Å². The minimum atomic E-state index is 0.182. The van der Waals surface area contributed by atoms with E-state index in [0.717, 1.165) is 22.5 Å². The Bertz CT molecular complexity index is 235. The third kappa shape index (κ3) is 3.78. The van der Waals surface area contributed by atoms with E-state index in [4.69, 9.17) is 5.11 Å². The Balaban J connectivity index is 2.48. The van der Waals surface area contributed by atoms with Crippen LogP contribution in [0.5, 0.6) is 0 Å². The van der Waals surface area contributed by atoms with E-state index in [9.17, 15) is 0 Å². The lowest BCUT2D eigenvalue weighted by Gasteiger charge is -2.00. The van der Waals surface area contributed by atoms with Gasteiger partial charge in [0.1, 0.15) is 0 Å². The zero-order valence-electron chi connectivity index (χ0n) is 7.40. The summed E-state index contributed by atoms with van der Waals surface area (Å²) in [6, 6.07) is 7.76. The molecule has 4 heteroatoms. The van der Waals surface area contributed by atoms with Gasteiger partial charge in [-0.3, -0.25) is 0 Å². The first kappa shape index (κ1) is 10.5. The Morgan fingerprint density at radius 2 is 2.00 bits per heavy atom. The van der Waals surface area contributed by atoms with E-state index in [-0.39, 0.29) is 6.61 Å². The van der Waals surface area contributed by atoms with Crippen molar-refractivity contribution in [1.82, 2.24) is 0 Å². The maximum absolute atomic E-state index is 8.68. The fourth-order valence-electron chi connectivity index (χ4n) is 0.914. The van der Waals surface area contributed by atoms with Crippen LogP contribution in [0, 0.1) is 0 Å². The fourth-order valence-corrected chi connectivity index (χ4v) is 1.31. The van der Waals surface area contributed by atoms with Gasteiger partial charge in [-0.15, -0.1) is 0 Å². The lowest BCUT2D eigenvalue weighted by atomic mass is 10.2. The van der Waals surface area contributed by atoms with Crippen LogP contribution in [0.3, 0.4) is 0 Å². The molecule has 72 valence electrons. The van der Waals surface area contributed by atoms with Gasteiger partial charge < -0.3 is 5.11 Å². The van der Waals surface area contributed by atoms with Gasteiger partial charge in [0.2, 0.25) is 0 Å². The molecular weight excluding hydrogens is 188 g/mol. The second-order valence-electron chi connectivity index (χ2n) is 2.44. The van der Waals surface area contributed by atoms with E-state index in [0.29, 0.717) is 6.42 Å². The molecule has 1 rings (SSSR count). The Labute approximate surface area is 81.8 Å². The summed E-state index contributed by atoms with van der Waals surface area (Å²) in [5.74, 6) is 0. The van der Waals surface area contributed by atoms with E-state index in [1.54, 1.807) is 0 Å². The monoisotopic (exact) mass is 200 g/mol. The van der Waals surface area contributed by atoms with Gasteiger partial charge in [-0.2, -0.15) is 4.33 Å². The minimum absolute atomic E-state index is 0.182. The van der Waals surface area contributed by atoms with Gasteiger partial charge in [-0.1, -0.05) is 12.1 Å². The Morgan fingerprint density at radius 3 is 2.54 bits per heavy atom. The van der Waals surface area contributed by atoms with Crippen molar-refractivity contribution in [3.63, 3.8) is 0 Å². The largest absolute Gasteiger partial charge is 0.396 e. The van der Waals surface area contributed by atoms with Gasteiger partial charge in [0.15, 0.2) is 0 Å². The molecule has 0 atom stereocenters. The zero-order valence-corrected chi connectivity index (χ0v) is 8.21. The summed E-state index contributed by atoms with van der Waals surface area (Å²) in [4.78, 5) is 5.42. The van der Waals surface area contributed by atoms with Crippen LogP contribution in [0.15, 0.2) is 29.2 Å². The first-order valence-corrected chi connectivity index (χ1v) is 4.68. The van der Waals surface area contributed by atoms with Crippen LogP contribution in [0.4, 0.5) is 0 Å². The molecule has 0 unspecified atom stereocenters. The number of aliphatic hydroxyl groups is 1. The van der Waals surface area contributed by atoms with Crippen LogP contribution in [0.1, 0.15) is 5.56 Å². The molecule has 0 saturated heterocycles. The molecule has 0 heterocycles. The quantitative estimate of drug-likeness (QED) is 0.447. The summed E-state index contributed by atoms with van der Waals surface area (Å²) in [5.41, 5.74) is 1.12. The maximum atomic E-state index is 8.68. The first-order valence-electron chi connectivity index (χ1n) is 3.94. The Morgan fingerprint density at radius 1 is 1.31 bits per heavy atom. The molecule has 0 saturated carbocycles. The highest BCUT2D eigenvalue weighted by Crippen LogP contribution is 2.19. The molecule has 1 aromatic rings. The maximum Gasteiger partial charge on any atom is 0.0725 e. The van der Waals surface area contributed by atoms with Crippen molar-refractivity contribution in [1.29, 1.82) is 0 Å². The topological polar surface area (TPSA) is 38.7 Å². The van der Waals surface area contributed by atoms with Crippen LogP contribution in [0.25, 0.3) is 0 Å². The predicted octanol–water partition coefficient (Wildman–Crippen LogP) is 1.81. The minimum Gasteiger partial charge on any atom is -0.396 e. The van der Waals surface area contributed by atoms with Crippen molar-refractivity contribution >= 4 is 12.0 Å². The van der Waals surface area contributed by atoms with E-state index >= 15 is 0 Å². The lowest BCUT2D eigenvalue weighted by molar-refractivity contribution is -0.160. The molecule has 0 aromatic heterocycles. The molecule has 0 aliphatic heterocycles. The van der Waals surface area contributed by atoms with Gasteiger partial charge in [0.05, 0.1) is 19.2 Å². The normalized spacial score (nSPS) is 10.3. The van der Waals surface area contributed by atoms with Gasteiger partial charge in [0.25, 0.3) is 0 Å². The summed E-state index contributed by atoms with van der Waals surface area (Å²) in [6.45, 7) is 0.182. The number of hydrogen-bond acceptors (Lipinski definition) is 4. The average molecular weight is 200 g/mol. The zero-order chi connectivity index (χ0) is 9.52. The standard InChI is InChI=1S/C9H12O3S/c1-11-12-13-9-4-2-8(3-5-9)6-7-10/h2-5,10H,6-7H2,1H3. The number of hydrogen-bond donors (Lipinski definition) is 1.